The predicted octanol–water partition coefficient (Wildman–Crippen LogP) is 2.76. The van der Waals surface area contributed by atoms with E-state index in [4.69, 9.17) is 0 Å². The fourth-order valence-corrected chi connectivity index (χ4v) is 3.34. The smallest absolute Gasteiger partial charge is 0.247 e. The highest BCUT2D eigenvalue weighted by atomic mass is 15.5. The van der Waals surface area contributed by atoms with E-state index in [0.29, 0.717) is 0 Å². The first-order valence-electron chi connectivity index (χ1n) is 6.89. The molecule has 2 aliphatic heterocycles. The minimum Gasteiger partial charge on any atom is -0.284 e. The van der Waals surface area contributed by atoms with Gasteiger partial charge in [-0.25, -0.2) is 15.0 Å². The normalized spacial score (nSPS) is 23.2. The Morgan fingerprint density at radius 2 is 2.00 bits per heavy atom. The van der Waals surface area contributed by atoms with Gasteiger partial charge in [-0.15, -0.1) is 10.2 Å². The van der Waals surface area contributed by atoms with Gasteiger partial charge in [0.05, 0.1) is 18.3 Å². The van der Waals surface area contributed by atoms with Crippen molar-refractivity contribution in [2.24, 2.45) is 15.2 Å². The monoisotopic (exact) mass is 256 g/mol. The van der Waals surface area contributed by atoms with Gasteiger partial charge >= 0.3 is 0 Å². The van der Waals surface area contributed by atoms with Crippen molar-refractivity contribution in [3.8, 4) is 0 Å². The number of aliphatic imine (C=N–C) groups is 1. The lowest BCUT2D eigenvalue weighted by Gasteiger charge is -2.41. The molecule has 1 aromatic rings. The third-order valence-electron chi connectivity index (χ3n) is 4.30. The molecule has 1 aliphatic carbocycles. The lowest BCUT2D eigenvalue weighted by molar-refractivity contribution is 0.316. The minimum absolute atomic E-state index is 0.0859. The topological polar surface area (TPSA) is 66.1 Å². The van der Waals surface area contributed by atoms with Crippen molar-refractivity contribution in [1.82, 2.24) is 9.97 Å². The number of hydrogen-bond donors (Lipinski definition) is 0. The van der Waals surface area contributed by atoms with Crippen LogP contribution in [0.4, 0.5) is 11.5 Å². The summed E-state index contributed by atoms with van der Waals surface area (Å²) >= 11 is 0. The van der Waals surface area contributed by atoms with Crippen molar-refractivity contribution >= 4 is 17.5 Å². The number of fused-ring (bicyclic) bond motifs is 4. The van der Waals surface area contributed by atoms with Crippen molar-refractivity contribution in [3.05, 3.63) is 12.0 Å². The molecule has 1 saturated carbocycles. The molecule has 6 nitrogen and oxygen atoms in total. The van der Waals surface area contributed by atoms with E-state index in [-0.39, 0.29) is 5.54 Å². The molecule has 0 radical (unpaired) electrons. The van der Waals surface area contributed by atoms with E-state index < -0.39 is 0 Å². The quantitative estimate of drug-likeness (QED) is 0.716. The van der Waals surface area contributed by atoms with Crippen molar-refractivity contribution in [2.75, 3.05) is 11.4 Å². The summed E-state index contributed by atoms with van der Waals surface area (Å²) in [6, 6.07) is 0. The van der Waals surface area contributed by atoms with E-state index in [1.165, 1.54) is 19.3 Å². The van der Waals surface area contributed by atoms with Crippen molar-refractivity contribution in [2.45, 2.75) is 44.6 Å². The van der Waals surface area contributed by atoms with Crippen LogP contribution >= 0.6 is 0 Å². The van der Waals surface area contributed by atoms with Crippen LogP contribution in [-0.4, -0.2) is 28.0 Å². The summed E-state index contributed by atoms with van der Waals surface area (Å²) in [5.41, 5.74) is 0.846. The van der Waals surface area contributed by atoms with Crippen LogP contribution in [0.25, 0.3) is 0 Å². The highest BCUT2D eigenvalue weighted by Crippen LogP contribution is 2.44. The Balaban J connectivity index is 1.84. The van der Waals surface area contributed by atoms with Gasteiger partial charge in [-0.05, 0) is 19.8 Å². The molecular formula is C13H16N6. The molecular weight excluding hydrogens is 240 g/mol. The molecule has 0 amide bonds. The zero-order valence-electron chi connectivity index (χ0n) is 11.0. The number of nitrogens with zero attached hydrogens (tertiary/aromatic N) is 6. The van der Waals surface area contributed by atoms with Crippen LogP contribution < -0.4 is 4.90 Å². The largest absolute Gasteiger partial charge is 0.284 e. The molecule has 19 heavy (non-hydrogen) atoms. The Morgan fingerprint density at radius 3 is 2.84 bits per heavy atom. The van der Waals surface area contributed by atoms with E-state index in [1.807, 2.05) is 6.92 Å². The van der Waals surface area contributed by atoms with Crippen LogP contribution in [0.2, 0.25) is 0 Å². The zero-order valence-corrected chi connectivity index (χ0v) is 11.0. The Hall–Kier alpha value is -1.85. The lowest BCUT2D eigenvalue weighted by Crippen LogP contribution is -2.51. The van der Waals surface area contributed by atoms with Crippen LogP contribution in [0.15, 0.2) is 21.4 Å². The molecule has 4 rings (SSSR count). The van der Waals surface area contributed by atoms with Crippen molar-refractivity contribution in [3.63, 3.8) is 0 Å². The number of anilines is 1. The van der Waals surface area contributed by atoms with Gasteiger partial charge in [0.15, 0.2) is 5.82 Å². The average molecular weight is 256 g/mol. The summed E-state index contributed by atoms with van der Waals surface area (Å²) in [6.07, 6.45) is 7.93. The number of aromatic nitrogens is 2. The molecule has 6 heteroatoms. The van der Waals surface area contributed by atoms with Crippen molar-refractivity contribution < 1.29 is 0 Å². The van der Waals surface area contributed by atoms with E-state index in [1.54, 1.807) is 6.20 Å². The summed E-state index contributed by atoms with van der Waals surface area (Å²) in [7, 11) is 0. The maximum absolute atomic E-state index is 4.59. The van der Waals surface area contributed by atoms with Gasteiger partial charge in [0.25, 0.3) is 0 Å². The van der Waals surface area contributed by atoms with Crippen LogP contribution in [0.5, 0.6) is 0 Å². The van der Waals surface area contributed by atoms with Gasteiger partial charge in [-0.1, -0.05) is 19.3 Å². The SMILES string of the molecule is Cc1ncc2c(n1)N1C(=NCC13CCCCC3)N=N2. The number of aryl methyl sites for hydroxylation is 1. The Labute approximate surface area is 111 Å². The molecule has 0 unspecified atom stereocenters. The molecule has 3 aliphatic rings. The molecule has 0 aromatic carbocycles. The van der Waals surface area contributed by atoms with Crippen molar-refractivity contribution in [1.29, 1.82) is 0 Å². The molecule has 1 fully saturated rings. The van der Waals surface area contributed by atoms with Crippen LogP contribution in [-0.2, 0) is 0 Å². The number of hydrogen-bond acceptors (Lipinski definition) is 6. The lowest BCUT2D eigenvalue weighted by atomic mass is 9.81. The number of azo groups is 1. The molecule has 0 N–H and O–H groups in total. The molecule has 98 valence electrons. The second kappa shape index (κ2) is 3.82. The summed E-state index contributed by atoms with van der Waals surface area (Å²) in [4.78, 5) is 15.6. The Kier molecular flexibility index (Phi) is 2.22. The number of guanidine groups is 1. The first-order valence-corrected chi connectivity index (χ1v) is 6.89. The van der Waals surface area contributed by atoms with Gasteiger partial charge in [0.2, 0.25) is 5.96 Å². The molecule has 0 atom stereocenters. The summed E-state index contributed by atoms with van der Waals surface area (Å²) in [6.45, 7) is 2.73. The van der Waals surface area contributed by atoms with Gasteiger partial charge in [0, 0.05) is 0 Å². The van der Waals surface area contributed by atoms with Gasteiger partial charge in [0.1, 0.15) is 11.5 Å². The van der Waals surface area contributed by atoms with Gasteiger partial charge < -0.3 is 0 Å². The second-order valence-electron chi connectivity index (χ2n) is 5.56. The fourth-order valence-electron chi connectivity index (χ4n) is 3.34. The van der Waals surface area contributed by atoms with E-state index in [9.17, 15) is 0 Å². The predicted molar refractivity (Wildman–Crippen MR) is 71.9 cm³/mol. The van der Waals surface area contributed by atoms with E-state index >= 15 is 0 Å². The van der Waals surface area contributed by atoms with Gasteiger partial charge in [-0.3, -0.25) is 4.90 Å². The van der Waals surface area contributed by atoms with E-state index in [0.717, 1.165) is 42.7 Å². The maximum Gasteiger partial charge on any atom is 0.247 e. The molecule has 1 aromatic heterocycles. The highest BCUT2D eigenvalue weighted by Gasteiger charge is 2.47. The first kappa shape index (κ1) is 11.0. The summed E-state index contributed by atoms with van der Waals surface area (Å²) in [5.74, 6) is 2.39. The Morgan fingerprint density at radius 1 is 1.16 bits per heavy atom. The van der Waals surface area contributed by atoms with Crippen LogP contribution in [0.1, 0.15) is 37.9 Å². The van der Waals surface area contributed by atoms with E-state index in [2.05, 4.69) is 30.1 Å². The Bertz CT molecular complexity index is 585. The molecule has 1 spiro atoms. The number of rotatable bonds is 0. The third-order valence-corrected chi connectivity index (χ3v) is 4.30. The molecule has 0 bridgehead atoms. The van der Waals surface area contributed by atoms with Gasteiger partial charge in [-0.2, -0.15) is 0 Å². The first-order chi connectivity index (χ1) is 9.28. The fraction of sp³-hybridized carbons (Fsp3) is 0.615. The summed E-state index contributed by atoms with van der Waals surface area (Å²) in [5, 5.41) is 8.42. The second-order valence-corrected chi connectivity index (χ2v) is 5.56. The van der Waals surface area contributed by atoms with Crippen LogP contribution in [0, 0.1) is 6.92 Å². The maximum atomic E-state index is 4.59. The highest BCUT2D eigenvalue weighted by molar-refractivity contribution is 6.02. The standard InChI is InChI=1S/C13H16N6/c1-9-14-7-10-11(16-9)19-12(18-17-10)15-8-13(19)5-3-2-4-6-13/h7H,2-6,8H2,1H3. The average Bonchev–Trinajstić information content (AvgIpc) is 2.79. The van der Waals surface area contributed by atoms with Crippen LogP contribution in [0.3, 0.4) is 0 Å². The zero-order chi connectivity index (χ0) is 12.9. The molecule has 0 saturated heterocycles. The molecule has 3 heterocycles. The third kappa shape index (κ3) is 1.52. The summed E-state index contributed by atoms with van der Waals surface area (Å²) < 4.78 is 0. The minimum atomic E-state index is 0.0859.